The van der Waals surface area contributed by atoms with Crippen molar-refractivity contribution in [3.8, 4) is 0 Å². The summed E-state index contributed by atoms with van der Waals surface area (Å²) in [5, 5.41) is 68.8. The van der Waals surface area contributed by atoms with Crippen LogP contribution in [-0.2, 0) is 106 Å². The molecule has 2 heterocycles. The molecular weight excluding hydrogens is 1810 g/mol. The van der Waals surface area contributed by atoms with Crippen LogP contribution in [0.1, 0.15) is 245 Å². The Hall–Kier alpha value is -12.1. The second-order valence-corrected chi connectivity index (χ2v) is 38.0. The van der Waals surface area contributed by atoms with Crippen molar-refractivity contribution in [3.05, 3.63) is 119 Å². The third-order valence-corrected chi connectivity index (χ3v) is 25.8. The Morgan fingerprint density at radius 2 is 1.19 bits per heavy atom. The number of aliphatic hydroxyl groups is 1. The van der Waals surface area contributed by atoms with E-state index in [1.54, 1.807) is 95.4 Å². The van der Waals surface area contributed by atoms with Crippen molar-refractivity contribution >= 4 is 122 Å². The van der Waals surface area contributed by atoms with Crippen molar-refractivity contribution in [3.63, 3.8) is 0 Å². The molecule has 0 bridgehead atoms. The van der Waals surface area contributed by atoms with E-state index >= 15 is 28.8 Å². The zero-order valence-electron chi connectivity index (χ0n) is 82.6. The first-order valence-corrected chi connectivity index (χ1v) is 48.6. The largest absolute Gasteiger partial charge is 0.481 e. The predicted molar refractivity (Wildman–Crippen MR) is 522 cm³/mol. The summed E-state index contributed by atoms with van der Waals surface area (Å²) in [6.45, 7) is 17.7. The lowest BCUT2D eigenvalue weighted by molar-refractivity contribution is -0.142. The van der Waals surface area contributed by atoms with E-state index in [1.807, 2.05) is 26.0 Å². The van der Waals surface area contributed by atoms with Gasteiger partial charge in [-0.1, -0.05) is 145 Å². The molecule has 140 heavy (non-hydrogen) atoms. The van der Waals surface area contributed by atoms with Crippen LogP contribution in [0.4, 0.5) is 0 Å². The second-order valence-electron chi connectivity index (χ2n) is 38.0. The van der Waals surface area contributed by atoms with E-state index in [0.717, 1.165) is 19.3 Å². The molecule has 2 aliphatic rings. The molecule has 23 N–H and O–H groups in total. The molecule has 3 aromatic carbocycles. The Kier molecular flexibility index (Phi) is 48.5. The molecule has 1 aliphatic carbocycles. The first-order valence-electron chi connectivity index (χ1n) is 48.6. The third-order valence-electron chi connectivity index (χ3n) is 25.8. The van der Waals surface area contributed by atoms with E-state index in [0.29, 0.717) is 67.0 Å². The molecule has 770 valence electrons. The number of aliphatic carboxylic acids is 1. The first-order chi connectivity index (χ1) is 66.2. The van der Waals surface area contributed by atoms with E-state index in [4.69, 9.17) is 11.5 Å². The quantitative estimate of drug-likeness (QED) is 0.0131. The van der Waals surface area contributed by atoms with Crippen LogP contribution in [0.15, 0.2) is 97.2 Å². The molecule has 0 radical (unpaired) electrons. The van der Waals surface area contributed by atoms with Gasteiger partial charge in [-0.05, 0) is 172 Å². The minimum absolute atomic E-state index is 0.0220. The van der Waals surface area contributed by atoms with Crippen molar-refractivity contribution in [2.45, 2.75) is 333 Å². The molecule has 6 rings (SSSR count). The fourth-order valence-corrected chi connectivity index (χ4v) is 16.3. The Morgan fingerprint density at radius 3 is 1.82 bits per heavy atom. The molecule has 0 spiro atoms. The number of Topliss-reactive ketones (excluding diaryl/α,β-unsaturated/α-hetero) is 7. The number of rotatable bonds is 45. The molecule has 40 nitrogen and oxygen atoms in total. The summed E-state index contributed by atoms with van der Waals surface area (Å²) < 4.78 is 0. The van der Waals surface area contributed by atoms with E-state index in [-0.39, 0.29) is 124 Å². The number of carbonyl (C=O) groups is 19. The highest BCUT2D eigenvalue weighted by atomic mass is 16.4. The van der Waals surface area contributed by atoms with Gasteiger partial charge < -0.3 is 84.9 Å². The Labute approximate surface area is 817 Å². The Bertz CT molecular complexity index is 4950. The molecule has 1 saturated carbocycles. The predicted octanol–water partition coefficient (Wildman–Crippen LogP) is 2.36. The summed E-state index contributed by atoms with van der Waals surface area (Å²) in [5.41, 5.74) is 14.6. The van der Waals surface area contributed by atoms with Gasteiger partial charge >= 0.3 is 11.9 Å². The number of carboxylic acid groups (broad SMARTS) is 2. The van der Waals surface area contributed by atoms with Crippen LogP contribution in [0.3, 0.4) is 0 Å². The number of ketones is 7. The van der Waals surface area contributed by atoms with Gasteiger partial charge in [0.05, 0.1) is 79.0 Å². The molecule has 1 aliphatic heterocycles. The lowest BCUT2D eigenvalue weighted by Gasteiger charge is -2.35. The van der Waals surface area contributed by atoms with Gasteiger partial charge in [0.15, 0.2) is 28.9 Å². The number of H-pyrrole nitrogens is 1. The Morgan fingerprint density at radius 1 is 0.564 bits per heavy atom. The summed E-state index contributed by atoms with van der Waals surface area (Å²) in [5.74, 6) is -16.2. The zero-order chi connectivity index (χ0) is 104. The average Bonchev–Trinajstić information content (AvgIpc) is 1.59. The number of hydrogen-bond donors (Lipinski definition) is 21. The smallest absolute Gasteiger partial charge is 0.335 e. The SMILES string of the molecule is CCC(C)[C@H](NCC(=O)[C@H](C)NCCC(=O)[C@H](C)NCC(=O)[C@]1(C)CCC/C=C/CCCCCC[C@@](C)(NC(=O)[C@H](Cc2ccccc2)NN[C@H](C(=O)C(=O)[C@H](CC(C)C)NC(C)=O)[C@@H](C)O)C(=O)N[C@@H](CCC(=O)O)C(=O)N[C@@H](Cc2ccc(C(=O)O)cc2)C(=O)N[C@@H](Cc2c[nH]c3ccccc23)C(=O)CC(=O)[C@H](C)NCN[C@@H](CCC(N)=O)C(=O)N[C@@H](CC2CCC2)C(=O)N1)C(=O)N[C@H](C)C(N)=O. The monoisotopic (exact) mass is 1950 g/mol. The van der Waals surface area contributed by atoms with Crippen LogP contribution in [0, 0.1) is 17.8 Å². The van der Waals surface area contributed by atoms with Gasteiger partial charge in [0.25, 0.3) is 0 Å². The van der Waals surface area contributed by atoms with E-state index in [1.165, 1.54) is 58.9 Å². The van der Waals surface area contributed by atoms with Gasteiger partial charge in [0, 0.05) is 69.3 Å². The average molecular weight is 1950 g/mol. The van der Waals surface area contributed by atoms with Crippen molar-refractivity contribution in [2.75, 3.05) is 26.3 Å². The molecule has 0 saturated heterocycles. The van der Waals surface area contributed by atoms with Gasteiger partial charge in [-0.2, -0.15) is 0 Å². The number of aromatic nitrogens is 1. The van der Waals surface area contributed by atoms with Crippen molar-refractivity contribution in [2.24, 2.45) is 29.2 Å². The van der Waals surface area contributed by atoms with Gasteiger partial charge in [-0.3, -0.25) is 102 Å². The van der Waals surface area contributed by atoms with Gasteiger partial charge in [-0.25, -0.2) is 15.6 Å². The molecule has 1 aromatic heterocycles. The number of primary amides is 2. The summed E-state index contributed by atoms with van der Waals surface area (Å²) >= 11 is 0. The van der Waals surface area contributed by atoms with Gasteiger partial charge in [-0.15, -0.1) is 0 Å². The summed E-state index contributed by atoms with van der Waals surface area (Å²) in [6, 6.07) is 4.00. The van der Waals surface area contributed by atoms with E-state index in [9.17, 15) is 77.6 Å². The number of hydrazine groups is 1. The fourth-order valence-electron chi connectivity index (χ4n) is 16.3. The number of allylic oxidation sites excluding steroid dienone is 2. The molecule has 1 fully saturated rings. The minimum atomic E-state index is -2.04. The third kappa shape index (κ3) is 38.9. The van der Waals surface area contributed by atoms with E-state index < -0.39 is 228 Å². The normalized spacial score (nSPS) is 22.6. The van der Waals surface area contributed by atoms with Gasteiger partial charge in [0.1, 0.15) is 41.8 Å². The maximum atomic E-state index is 15.6. The zero-order valence-corrected chi connectivity index (χ0v) is 82.6. The van der Waals surface area contributed by atoms with Crippen LogP contribution < -0.4 is 91.4 Å². The number of fused-ring (bicyclic) bond motifs is 1. The molecule has 40 heteroatoms. The number of hydrogen-bond acceptors (Lipinski definition) is 27. The minimum Gasteiger partial charge on any atom is -0.481 e. The number of aromatic amines is 1. The maximum absolute atomic E-state index is 15.6. The highest BCUT2D eigenvalue weighted by Crippen LogP contribution is 2.32. The number of nitrogens with two attached hydrogens (primary N) is 2. The van der Waals surface area contributed by atoms with Crippen LogP contribution in [0.5, 0.6) is 0 Å². The standard InChI is InChI=1S/C100H148N18O22/c1-13-58(4)86(96(137)109-62(8)90(102)131)106-54-82(124)61(7)103-46-43-79(121)59(5)104-55-83(125)99(11)44-26-19-17-15-14-16-18-20-27-45-100(12,116-95(136)78(50-65-29-22-21-23-30-65)117-118-87(63(9)119)89(130)88(129)75(47-57(2)3)110-64(10)120)98(140)114-73(40-42-85(127)128)92(133)112-76(49-67-35-37-68(38-36-67)97(138)139)93(134)111-74(51-69-53-105-71-34-25-24-33-70(69)71)81(123)52-80(122)60(6)107-56-108-72(39-41-84(101)126)91(132)113-77(94(135)115-99)48-66-31-28-32-66/h15,17,21-25,29-30,33-38,53,57-63,66,72-78,86-87,103-108,117-119H,13-14,16,18-20,26-28,31-32,39-52,54-56H2,1-12H3,(H2,101,126)(H2,102,131)(H,109,137)(H,110,120)(H,111,134)(H,112,133)(H,113,132)(H,114,140)(H,115,135)(H,116,136)(H,127,128)(H,138,139)/b17-15+/t58?,59-,60-,61-,62+,63+,72-,73-,74-,75-,76-,77-,78-,86-,87-,99-,100+/m0/s1. The fraction of sp³-hybridized carbons (Fsp3) is 0.590. The van der Waals surface area contributed by atoms with Gasteiger partial charge in [0.2, 0.25) is 70.6 Å². The molecule has 4 aromatic rings. The number of aliphatic hydroxyl groups excluding tert-OH is 1. The number of para-hydroxylation sites is 1. The van der Waals surface area contributed by atoms with Crippen molar-refractivity contribution < 1.29 is 106 Å². The highest BCUT2D eigenvalue weighted by Gasteiger charge is 2.44. The van der Waals surface area contributed by atoms with Crippen molar-refractivity contribution in [1.29, 1.82) is 0 Å². The molecule has 1 unspecified atom stereocenters. The van der Waals surface area contributed by atoms with Crippen LogP contribution in [0.25, 0.3) is 10.9 Å². The number of amides is 10. The second kappa shape index (κ2) is 58.2. The topological polar surface area (TPSA) is 633 Å². The lowest BCUT2D eigenvalue weighted by Crippen LogP contribution is -2.65. The first kappa shape index (κ1) is 117. The summed E-state index contributed by atoms with van der Waals surface area (Å²) in [4.78, 5) is 269. The molecule has 10 amide bonds. The van der Waals surface area contributed by atoms with Crippen molar-refractivity contribution in [1.82, 2.24) is 85.0 Å². The number of aromatic carboxylic acids is 1. The molecule has 17 atom stereocenters. The number of nitrogens with one attached hydrogen (secondary N) is 16. The van der Waals surface area contributed by atoms with E-state index in [2.05, 4.69) is 85.0 Å². The molecular formula is C100H148N18O22. The highest BCUT2D eigenvalue weighted by molar-refractivity contribution is 6.41. The lowest BCUT2D eigenvalue weighted by atomic mass is 9.80. The van der Waals surface area contributed by atoms with Crippen LogP contribution in [-0.4, -0.2) is 254 Å². The number of carbonyl (C=O) groups excluding carboxylic acids is 17. The number of benzene rings is 3. The summed E-state index contributed by atoms with van der Waals surface area (Å²) in [7, 11) is 0. The Balaban J connectivity index is 1.37. The summed E-state index contributed by atoms with van der Waals surface area (Å²) in [6.07, 6.45) is 6.04. The van der Waals surface area contributed by atoms with Crippen LogP contribution in [0.2, 0.25) is 0 Å². The number of carboxylic acids is 2. The maximum Gasteiger partial charge on any atom is 0.335 e. The van der Waals surface area contributed by atoms with Crippen LogP contribution >= 0.6 is 0 Å².